The van der Waals surface area contributed by atoms with E-state index >= 15 is 0 Å². The zero-order valence-corrected chi connectivity index (χ0v) is 12.1. The Balaban J connectivity index is 1.65. The Morgan fingerprint density at radius 3 is 2.67 bits per heavy atom. The molecule has 0 bridgehead atoms. The SMILES string of the molecule is CC(CNS(=O)(=O)CCC1CCCCN1)C1CC1. The van der Waals surface area contributed by atoms with Crippen LogP contribution >= 0.6 is 0 Å². The lowest BCUT2D eigenvalue weighted by molar-refractivity contribution is 0.392. The molecule has 2 unspecified atom stereocenters. The number of piperidine rings is 1. The maximum absolute atomic E-state index is 11.9. The molecule has 2 N–H and O–H groups in total. The third-order valence-corrected chi connectivity index (χ3v) is 5.58. The lowest BCUT2D eigenvalue weighted by Crippen LogP contribution is -2.38. The highest BCUT2D eigenvalue weighted by atomic mass is 32.2. The number of rotatable bonds is 7. The summed E-state index contributed by atoms with van der Waals surface area (Å²) < 4.78 is 26.5. The van der Waals surface area contributed by atoms with Crippen LogP contribution in [0.3, 0.4) is 0 Å². The predicted octanol–water partition coefficient (Wildman–Crippen LogP) is 1.48. The van der Waals surface area contributed by atoms with Gasteiger partial charge in [-0.2, -0.15) is 0 Å². The van der Waals surface area contributed by atoms with Crippen molar-refractivity contribution in [2.45, 2.75) is 51.5 Å². The van der Waals surface area contributed by atoms with Crippen molar-refractivity contribution < 1.29 is 8.42 Å². The predicted molar refractivity (Wildman–Crippen MR) is 73.9 cm³/mol. The molecule has 0 radical (unpaired) electrons. The molecule has 106 valence electrons. The van der Waals surface area contributed by atoms with Crippen LogP contribution in [0.5, 0.6) is 0 Å². The fourth-order valence-corrected chi connectivity index (χ4v) is 3.89. The van der Waals surface area contributed by atoms with Crippen LogP contribution in [0.25, 0.3) is 0 Å². The second-order valence-corrected chi connectivity index (χ2v) is 7.84. The van der Waals surface area contributed by atoms with Gasteiger partial charge < -0.3 is 5.32 Å². The van der Waals surface area contributed by atoms with Gasteiger partial charge in [0.1, 0.15) is 0 Å². The number of sulfonamides is 1. The summed E-state index contributed by atoms with van der Waals surface area (Å²) in [5.41, 5.74) is 0. The van der Waals surface area contributed by atoms with Crippen LogP contribution in [0.1, 0.15) is 45.4 Å². The standard InChI is InChI=1S/C13H26N2O2S/c1-11(12-5-6-12)10-15-18(16,17)9-7-13-4-2-3-8-14-13/h11-15H,2-10H2,1H3. The molecule has 0 aromatic heterocycles. The van der Waals surface area contributed by atoms with Crippen LogP contribution in [-0.4, -0.2) is 33.3 Å². The zero-order chi connectivity index (χ0) is 13.0. The molecule has 0 amide bonds. The molecule has 1 saturated carbocycles. The molecule has 0 spiro atoms. The highest BCUT2D eigenvalue weighted by Crippen LogP contribution is 2.36. The molecule has 1 saturated heterocycles. The largest absolute Gasteiger partial charge is 0.314 e. The van der Waals surface area contributed by atoms with Gasteiger partial charge in [-0.15, -0.1) is 0 Å². The van der Waals surface area contributed by atoms with Crippen LogP contribution in [0.2, 0.25) is 0 Å². The zero-order valence-electron chi connectivity index (χ0n) is 11.3. The van der Waals surface area contributed by atoms with Gasteiger partial charge in [-0.1, -0.05) is 13.3 Å². The number of nitrogens with one attached hydrogen (secondary N) is 2. The highest BCUT2D eigenvalue weighted by Gasteiger charge is 2.28. The van der Waals surface area contributed by atoms with Crippen LogP contribution in [0.4, 0.5) is 0 Å². The molecule has 1 aliphatic carbocycles. The molecular weight excluding hydrogens is 248 g/mol. The Kier molecular flexibility index (Phi) is 5.04. The summed E-state index contributed by atoms with van der Waals surface area (Å²) in [6.07, 6.45) is 6.86. The maximum atomic E-state index is 11.9. The molecule has 4 nitrogen and oxygen atoms in total. The first-order chi connectivity index (χ1) is 8.57. The minimum absolute atomic E-state index is 0.266. The fourth-order valence-electron chi connectivity index (χ4n) is 2.63. The molecule has 2 rings (SSSR count). The quantitative estimate of drug-likeness (QED) is 0.739. The molecule has 2 aliphatic rings. The number of hydrogen-bond donors (Lipinski definition) is 2. The van der Waals surface area contributed by atoms with Gasteiger partial charge in [-0.05, 0) is 50.5 Å². The van der Waals surface area contributed by atoms with E-state index < -0.39 is 10.0 Å². The minimum Gasteiger partial charge on any atom is -0.314 e. The van der Waals surface area contributed by atoms with Gasteiger partial charge in [-0.3, -0.25) is 0 Å². The Labute approximate surface area is 111 Å². The smallest absolute Gasteiger partial charge is 0.211 e. The maximum Gasteiger partial charge on any atom is 0.211 e. The van der Waals surface area contributed by atoms with Gasteiger partial charge in [-0.25, -0.2) is 13.1 Å². The molecule has 0 aromatic rings. The van der Waals surface area contributed by atoms with E-state index in [0.29, 0.717) is 18.5 Å². The summed E-state index contributed by atoms with van der Waals surface area (Å²) in [4.78, 5) is 0. The third-order valence-electron chi connectivity index (χ3n) is 4.20. The summed E-state index contributed by atoms with van der Waals surface area (Å²) in [6, 6.07) is 0.399. The molecule has 2 fully saturated rings. The van der Waals surface area contributed by atoms with Crippen molar-refractivity contribution >= 4 is 10.0 Å². The van der Waals surface area contributed by atoms with Crippen molar-refractivity contribution in [1.29, 1.82) is 0 Å². The van der Waals surface area contributed by atoms with E-state index in [1.807, 2.05) is 0 Å². The van der Waals surface area contributed by atoms with Gasteiger partial charge in [0.05, 0.1) is 5.75 Å². The lowest BCUT2D eigenvalue weighted by Gasteiger charge is -2.23. The first kappa shape index (κ1) is 14.3. The monoisotopic (exact) mass is 274 g/mol. The van der Waals surface area contributed by atoms with E-state index in [0.717, 1.165) is 25.3 Å². The number of hydrogen-bond acceptors (Lipinski definition) is 3. The van der Waals surface area contributed by atoms with Crippen molar-refractivity contribution in [2.24, 2.45) is 11.8 Å². The van der Waals surface area contributed by atoms with Gasteiger partial charge >= 0.3 is 0 Å². The second kappa shape index (κ2) is 6.35. The van der Waals surface area contributed by atoms with E-state index in [-0.39, 0.29) is 5.75 Å². The molecular formula is C13H26N2O2S. The topological polar surface area (TPSA) is 58.2 Å². The van der Waals surface area contributed by atoms with Crippen LogP contribution in [0, 0.1) is 11.8 Å². The Morgan fingerprint density at radius 2 is 2.06 bits per heavy atom. The van der Waals surface area contributed by atoms with Crippen LogP contribution in [-0.2, 0) is 10.0 Å². The van der Waals surface area contributed by atoms with E-state index in [2.05, 4.69) is 17.0 Å². The Morgan fingerprint density at radius 1 is 1.28 bits per heavy atom. The van der Waals surface area contributed by atoms with Gasteiger partial charge in [0.15, 0.2) is 0 Å². The molecule has 2 atom stereocenters. The summed E-state index contributed by atoms with van der Waals surface area (Å²) in [5, 5.41) is 3.39. The third kappa shape index (κ3) is 4.86. The van der Waals surface area contributed by atoms with E-state index in [4.69, 9.17) is 0 Å². The molecule has 0 aromatic carbocycles. The molecule has 1 aliphatic heterocycles. The second-order valence-electron chi connectivity index (χ2n) is 5.92. The lowest BCUT2D eigenvalue weighted by atomic mass is 10.0. The normalized spacial score (nSPS) is 27.1. The first-order valence-corrected chi connectivity index (χ1v) is 8.93. The van der Waals surface area contributed by atoms with Crippen molar-refractivity contribution in [3.05, 3.63) is 0 Å². The average molecular weight is 274 g/mol. The van der Waals surface area contributed by atoms with Crippen LogP contribution in [0.15, 0.2) is 0 Å². The first-order valence-electron chi connectivity index (χ1n) is 7.27. The molecule has 18 heavy (non-hydrogen) atoms. The summed E-state index contributed by atoms with van der Waals surface area (Å²) in [5.74, 6) is 1.52. The minimum atomic E-state index is -3.07. The summed E-state index contributed by atoms with van der Waals surface area (Å²) in [6.45, 7) is 3.80. The highest BCUT2D eigenvalue weighted by molar-refractivity contribution is 7.89. The fraction of sp³-hybridized carbons (Fsp3) is 1.00. The van der Waals surface area contributed by atoms with E-state index in [1.165, 1.54) is 25.7 Å². The van der Waals surface area contributed by atoms with Crippen LogP contribution < -0.4 is 10.0 Å². The average Bonchev–Trinajstić information content (AvgIpc) is 3.19. The van der Waals surface area contributed by atoms with E-state index in [9.17, 15) is 8.42 Å². The van der Waals surface area contributed by atoms with Crippen molar-refractivity contribution in [3.63, 3.8) is 0 Å². The van der Waals surface area contributed by atoms with Crippen molar-refractivity contribution in [3.8, 4) is 0 Å². The Bertz CT molecular complexity index is 346. The van der Waals surface area contributed by atoms with Gasteiger partial charge in [0, 0.05) is 12.6 Å². The van der Waals surface area contributed by atoms with Gasteiger partial charge in [0.2, 0.25) is 10.0 Å². The summed E-state index contributed by atoms with van der Waals surface area (Å²) >= 11 is 0. The Hall–Kier alpha value is -0.130. The summed E-state index contributed by atoms with van der Waals surface area (Å²) in [7, 11) is -3.07. The van der Waals surface area contributed by atoms with Crippen molar-refractivity contribution in [1.82, 2.24) is 10.0 Å². The van der Waals surface area contributed by atoms with Gasteiger partial charge in [0.25, 0.3) is 0 Å². The molecule has 1 heterocycles. The van der Waals surface area contributed by atoms with E-state index in [1.54, 1.807) is 0 Å². The van der Waals surface area contributed by atoms with Crippen molar-refractivity contribution in [2.75, 3.05) is 18.8 Å². The molecule has 5 heteroatoms.